The van der Waals surface area contributed by atoms with Crippen molar-refractivity contribution in [2.45, 2.75) is 76.7 Å². The highest BCUT2D eigenvalue weighted by Crippen LogP contribution is 2.67. The molecule has 6 heteroatoms. The lowest BCUT2D eigenvalue weighted by atomic mass is 9.51. The number of hydrogen-bond acceptors (Lipinski definition) is 3. The maximum atomic E-state index is 14.2. The summed E-state index contributed by atoms with van der Waals surface area (Å²) in [5.41, 5.74) is 2.94. The van der Waals surface area contributed by atoms with Crippen LogP contribution in [0.25, 0.3) is 0 Å². The molecule has 0 amide bonds. The van der Waals surface area contributed by atoms with E-state index in [1.807, 2.05) is 19.1 Å². The van der Waals surface area contributed by atoms with Gasteiger partial charge in [-0.25, -0.2) is 4.39 Å². The third kappa shape index (κ3) is 3.85. The lowest BCUT2D eigenvalue weighted by Gasteiger charge is -2.55. The third-order valence-electron chi connectivity index (χ3n) is 9.43. The molecule has 2 saturated carbocycles. The van der Waals surface area contributed by atoms with Crippen molar-refractivity contribution >= 4 is 11.6 Å². The van der Waals surface area contributed by atoms with E-state index in [0.717, 1.165) is 24.0 Å². The second-order valence-electron chi connectivity index (χ2n) is 11.1. The Balaban J connectivity index is 1.64. The Labute approximate surface area is 203 Å². The first-order valence-electron chi connectivity index (χ1n) is 12.5. The van der Waals surface area contributed by atoms with Crippen molar-refractivity contribution in [3.8, 4) is 0 Å². The molecule has 1 N–H and O–H groups in total. The Bertz CT molecular complexity index is 1170. The van der Waals surface area contributed by atoms with Crippen molar-refractivity contribution in [2.75, 3.05) is 0 Å². The van der Waals surface area contributed by atoms with Crippen molar-refractivity contribution in [1.82, 2.24) is 0 Å². The number of allylic oxidation sites excluding steroid dienone is 4. The monoisotopic (exact) mass is 484 g/mol. The number of ketones is 2. The van der Waals surface area contributed by atoms with Gasteiger partial charge in [0.25, 0.3) is 0 Å². The van der Waals surface area contributed by atoms with Gasteiger partial charge in [0.1, 0.15) is 0 Å². The van der Waals surface area contributed by atoms with Crippen LogP contribution in [0.2, 0.25) is 0 Å². The molecule has 1 aromatic rings. The maximum absolute atomic E-state index is 14.2. The standard InChI is InChI=1S/C29H31F3O3/c1-16(33)17-3-5-18(6-4-17)23-14-28(2)24(11-12-29(28,35)15-25(30)27(31)32)22-9-7-19-13-20(34)8-10-21(19)26(22)23/h3-6,13,22-24,35H,7-12,14-15H2,1-2H3/t22?,23-,24?,28+,29-/m1/s1. The number of rotatable bonds is 4. The Kier molecular flexibility index (Phi) is 5.94. The van der Waals surface area contributed by atoms with Crippen LogP contribution in [0.1, 0.15) is 87.1 Å². The fourth-order valence-electron chi connectivity index (χ4n) is 7.62. The first-order chi connectivity index (χ1) is 16.5. The van der Waals surface area contributed by atoms with Crippen LogP contribution in [-0.4, -0.2) is 22.3 Å². The van der Waals surface area contributed by atoms with Crippen LogP contribution in [-0.2, 0) is 4.79 Å². The fraction of sp³-hybridized carbons (Fsp3) is 0.517. The number of aliphatic hydroxyl groups is 1. The minimum atomic E-state index is -2.36. The normalized spacial score (nSPS) is 34.1. The summed E-state index contributed by atoms with van der Waals surface area (Å²) in [5, 5.41) is 11.7. The molecule has 5 atom stereocenters. The summed E-state index contributed by atoms with van der Waals surface area (Å²) in [7, 11) is 0. The number of benzene rings is 1. The second-order valence-corrected chi connectivity index (χ2v) is 11.1. The van der Waals surface area contributed by atoms with Crippen LogP contribution < -0.4 is 0 Å². The van der Waals surface area contributed by atoms with Crippen molar-refractivity contribution in [2.24, 2.45) is 17.3 Å². The van der Waals surface area contributed by atoms with E-state index in [1.54, 1.807) is 18.2 Å². The van der Waals surface area contributed by atoms with Crippen molar-refractivity contribution in [3.05, 3.63) is 70.1 Å². The number of fused-ring (bicyclic) bond motifs is 4. The first kappa shape index (κ1) is 24.2. The van der Waals surface area contributed by atoms with Crippen LogP contribution >= 0.6 is 0 Å². The molecular formula is C29H31F3O3. The molecule has 3 nitrogen and oxygen atoms in total. The molecule has 0 saturated heterocycles. The number of halogens is 3. The molecule has 0 aliphatic heterocycles. The summed E-state index contributed by atoms with van der Waals surface area (Å²) in [6.07, 6.45) is 2.96. The highest BCUT2D eigenvalue weighted by molar-refractivity contribution is 5.94. The smallest absolute Gasteiger partial charge is 0.301 e. The average Bonchev–Trinajstić information content (AvgIpc) is 3.08. The van der Waals surface area contributed by atoms with Gasteiger partial charge in [-0.1, -0.05) is 36.8 Å². The van der Waals surface area contributed by atoms with Crippen LogP contribution in [0.5, 0.6) is 0 Å². The maximum Gasteiger partial charge on any atom is 0.301 e. The Morgan fingerprint density at radius 3 is 2.46 bits per heavy atom. The summed E-state index contributed by atoms with van der Waals surface area (Å²) in [4.78, 5) is 24.0. The van der Waals surface area contributed by atoms with E-state index in [1.165, 1.54) is 18.1 Å². The first-order valence-corrected chi connectivity index (χ1v) is 12.5. The summed E-state index contributed by atoms with van der Waals surface area (Å²) in [6.45, 7) is 3.46. The van der Waals surface area contributed by atoms with E-state index in [0.29, 0.717) is 31.2 Å². The molecule has 0 spiro atoms. The van der Waals surface area contributed by atoms with Gasteiger partial charge in [0.05, 0.1) is 5.60 Å². The van der Waals surface area contributed by atoms with Gasteiger partial charge in [0.15, 0.2) is 17.4 Å². The van der Waals surface area contributed by atoms with Crippen molar-refractivity contribution in [1.29, 1.82) is 0 Å². The van der Waals surface area contributed by atoms with Gasteiger partial charge >= 0.3 is 6.08 Å². The highest BCUT2D eigenvalue weighted by atomic mass is 19.3. The van der Waals surface area contributed by atoms with Crippen LogP contribution in [0, 0.1) is 17.3 Å². The van der Waals surface area contributed by atoms with E-state index >= 15 is 0 Å². The van der Waals surface area contributed by atoms with Gasteiger partial charge in [0.2, 0.25) is 0 Å². The highest BCUT2D eigenvalue weighted by Gasteiger charge is 2.63. The summed E-state index contributed by atoms with van der Waals surface area (Å²) >= 11 is 0. The largest absolute Gasteiger partial charge is 0.389 e. The van der Waals surface area contributed by atoms with Crippen LogP contribution in [0.3, 0.4) is 0 Å². The van der Waals surface area contributed by atoms with Gasteiger partial charge in [-0.05, 0) is 80.1 Å². The zero-order chi connectivity index (χ0) is 25.1. The molecule has 2 fully saturated rings. The summed E-state index contributed by atoms with van der Waals surface area (Å²) in [5.74, 6) is -1.31. The van der Waals surface area contributed by atoms with E-state index < -0.39 is 29.3 Å². The average molecular weight is 485 g/mol. The molecule has 2 unspecified atom stereocenters. The minimum absolute atomic E-state index is 0.0264. The van der Waals surface area contributed by atoms with Crippen LogP contribution in [0.4, 0.5) is 13.2 Å². The SMILES string of the molecule is CC(=O)c1ccc([C@H]2C[C@@]3(C)C(CC[C@@]3(O)CC(F)=C(F)F)C3CCC4=CC(=O)CCC4=C32)cc1. The Hall–Kier alpha value is -2.47. The fourth-order valence-corrected chi connectivity index (χ4v) is 7.62. The lowest BCUT2D eigenvalue weighted by molar-refractivity contribution is -0.114. The molecule has 4 aliphatic carbocycles. The second kappa shape index (κ2) is 8.58. The van der Waals surface area contributed by atoms with Gasteiger partial charge in [0, 0.05) is 29.7 Å². The number of carbonyl (C=O) groups is 2. The number of Topliss-reactive ketones (excluding diaryl/α,β-unsaturated/α-hetero) is 1. The predicted molar refractivity (Wildman–Crippen MR) is 127 cm³/mol. The van der Waals surface area contributed by atoms with E-state index in [2.05, 4.69) is 0 Å². The zero-order valence-corrected chi connectivity index (χ0v) is 20.2. The quantitative estimate of drug-likeness (QED) is 0.469. The van der Waals surface area contributed by atoms with Crippen LogP contribution in [0.15, 0.2) is 59.0 Å². The predicted octanol–water partition coefficient (Wildman–Crippen LogP) is 6.99. The molecule has 186 valence electrons. The summed E-state index contributed by atoms with van der Waals surface area (Å²) < 4.78 is 40.3. The van der Waals surface area contributed by atoms with Gasteiger partial charge in [-0.2, -0.15) is 8.78 Å². The molecule has 5 rings (SSSR count). The molecule has 1 aromatic carbocycles. The van der Waals surface area contributed by atoms with Gasteiger partial charge < -0.3 is 5.11 Å². The lowest BCUT2D eigenvalue weighted by Crippen LogP contribution is -2.51. The molecule has 0 radical (unpaired) electrons. The van der Waals surface area contributed by atoms with E-state index in [-0.39, 0.29) is 35.7 Å². The zero-order valence-electron chi connectivity index (χ0n) is 20.2. The number of carbonyl (C=O) groups excluding carboxylic acids is 2. The van der Waals surface area contributed by atoms with E-state index in [9.17, 15) is 27.9 Å². The van der Waals surface area contributed by atoms with Crippen molar-refractivity contribution < 1.29 is 27.9 Å². The van der Waals surface area contributed by atoms with Gasteiger partial charge in [-0.3, -0.25) is 9.59 Å². The minimum Gasteiger partial charge on any atom is -0.389 e. The Morgan fingerprint density at radius 1 is 1.09 bits per heavy atom. The van der Waals surface area contributed by atoms with E-state index in [4.69, 9.17) is 0 Å². The topological polar surface area (TPSA) is 54.4 Å². The van der Waals surface area contributed by atoms with Gasteiger partial charge in [-0.15, -0.1) is 0 Å². The molecule has 0 aromatic heterocycles. The third-order valence-corrected chi connectivity index (χ3v) is 9.43. The Morgan fingerprint density at radius 2 is 1.80 bits per heavy atom. The number of hydrogen-bond donors (Lipinski definition) is 1. The molecule has 4 aliphatic rings. The van der Waals surface area contributed by atoms with Crippen molar-refractivity contribution in [3.63, 3.8) is 0 Å². The molecule has 0 bridgehead atoms. The summed E-state index contributed by atoms with van der Waals surface area (Å²) in [6, 6.07) is 7.49. The molecule has 35 heavy (non-hydrogen) atoms. The molecular weight excluding hydrogens is 453 g/mol. The molecule has 0 heterocycles.